The van der Waals surface area contributed by atoms with Crippen LogP contribution in [-0.2, 0) is 19.5 Å². The van der Waals surface area contributed by atoms with Gasteiger partial charge in [-0.25, -0.2) is 17.8 Å². The number of para-hydroxylation sites is 1. The van der Waals surface area contributed by atoms with Crippen LogP contribution in [0.2, 0.25) is 0 Å². The smallest absolute Gasteiger partial charge is 0.244 e. The quantitative estimate of drug-likeness (QED) is 0.875. The van der Waals surface area contributed by atoms with E-state index in [1.807, 2.05) is 30.3 Å². The Balaban J connectivity index is 1.95. The third-order valence-electron chi connectivity index (χ3n) is 4.13. The van der Waals surface area contributed by atoms with E-state index in [0.717, 1.165) is 5.69 Å². The fraction of sp³-hybridized carbons (Fsp3) is 0.438. The number of benzene rings is 1. The standard InChI is InChI=1S/C16H21N3O4S/c1-11-16(12(2)19(17-11)13-7-5-4-6-8-13)24(20,21)18-14-9-23-10-15(14)22-3/h4-8,14-15,18H,9-10H2,1-3H3/t14-,15-/m0/s1. The van der Waals surface area contributed by atoms with E-state index in [2.05, 4.69) is 9.82 Å². The lowest BCUT2D eigenvalue weighted by Crippen LogP contribution is -2.43. The molecule has 8 heteroatoms. The van der Waals surface area contributed by atoms with Crippen molar-refractivity contribution < 1.29 is 17.9 Å². The number of hydrogen-bond acceptors (Lipinski definition) is 5. The third-order valence-corrected chi connectivity index (χ3v) is 5.87. The minimum atomic E-state index is -3.73. The molecule has 0 unspecified atom stereocenters. The minimum Gasteiger partial charge on any atom is -0.377 e. The summed E-state index contributed by atoms with van der Waals surface area (Å²) in [4.78, 5) is 0.202. The van der Waals surface area contributed by atoms with E-state index < -0.39 is 16.1 Å². The van der Waals surface area contributed by atoms with E-state index in [-0.39, 0.29) is 11.0 Å². The first-order valence-corrected chi connectivity index (χ1v) is 9.17. The maximum atomic E-state index is 12.9. The molecular formula is C16H21N3O4S. The highest BCUT2D eigenvalue weighted by Crippen LogP contribution is 2.23. The van der Waals surface area contributed by atoms with Crippen LogP contribution in [0.15, 0.2) is 35.2 Å². The van der Waals surface area contributed by atoms with Gasteiger partial charge in [-0.2, -0.15) is 5.10 Å². The molecule has 130 valence electrons. The summed E-state index contributed by atoms with van der Waals surface area (Å²) in [6.07, 6.45) is -0.287. The topological polar surface area (TPSA) is 82.4 Å². The van der Waals surface area contributed by atoms with Gasteiger partial charge in [0.1, 0.15) is 4.90 Å². The zero-order valence-electron chi connectivity index (χ0n) is 13.9. The summed E-state index contributed by atoms with van der Waals surface area (Å²) in [7, 11) is -2.18. The molecule has 1 aliphatic rings. The van der Waals surface area contributed by atoms with Crippen molar-refractivity contribution in [1.82, 2.24) is 14.5 Å². The maximum Gasteiger partial charge on any atom is 0.244 e. The van der Waals surface area contributed by atoms with Crippen LogP contribution in [0.3, 0.4) is 0 Å². The molecule has 2 heterocycles. The Morgan fingerprint density at radius 3 is 2.62 bits per heavy atom. The Kier molecular flexibility index (Phi) is 4.73. The van der Waals surface area contributed by atoms with Gasteiger partial charge >= 0.3 is 0 Å². The van der Waals surface area contributed by atoms with Gasteiger partial charge in [-0.05, 0) is 26.0 Å². The molecule has 1 N–H and O–H groups in total. The van der Waals surface area contributed by atoms with Crippen molar-refractivity contribution in [2.24, 2.45) is 0 Å². The number of rotatable bonds is 5. The molecule has 7 nitrogen and oxygen atoms in total. The average molecular weight is 351 g/mol. The van der Waals surface area contributed by atoms with Gasteiger partial charge < -0.3 is 9.47 Å². The molecule has 3 rings (SSSR count). The van der Waals surface area contributed by atoms with Crippen molar-refractivity contribution in [3.05, 3.63) is 41.7 Å². The molecule has 1 fully saturated rings. The van der Waals surface area contributed by atoms with Crippen LogP contribution >= 0.6 is 0 Å². The number of aromatic nitrogens is 2. The fourth-order valence-electron chi connectivity index (χ4n) is 2.97. The van der Waals surface area contributed by atoms with Gasteiger partial charge in [0.05, 0.1) is 42.4 Å². The Morgan fingerprint density at radius 2 is 1.96 bits per heavy atom. The summed E-state index contributed by atoms with van der Waals surface area (Å²) < 4.78 is 40.6. The lowest BCUT2D eigenvalue weighted by molar-refractivity contribution is 0.0761. The van der Waals surface area contributed by atoms with Crippen LogP contribution in [0.5, 0.6) is 0 Å². The fourth-order valence-corrected chi connectivity index (χ4v) is 4.61. The summed E-state index contributed by atoms with van der Waals surface area (Å²) in [5.41, 5.74) is 1.84. The highest BCUT2D eigenvalue weighted by Gasteiger charge is 2.34. The first-order chi connectivity index (χ1) is 11.4. The molecule has 2 aromatic rings. The Hall–Kier alpha value is -1.74. The van der Waals surface area contributed by atoms with E-state index in [1.54, 1.807) is 25.6 Å². The van der Waals surface area contributed by atoms with Crippen molar-refractivity contribution in [2.75, 3.05) is 20.3 Å². The summed E-state index contributed by atoms with van der Waals surface area (Å²) in [5.74, 6) is 0. The minimum absolute atomic E-state index is 0.202. The number of ether oxygens (including phenoxy) is 2. The van der Waals surface area contributed by atoms with Gasteiger partial charge in [0.25, 0.3) is 0 Å². The average Bonchev–Trinajstić information content (AvgIpc) is 3.11. The SMILES string of the molecule is CO[C@H]1COC[C@@H]1NS(=O)(=O)c1c(C)nn(-c2ccccc2)c1C. The predicted molar refractivity (Wildman–Crippen MR) is 88.8 cm³/mol. The first-order valence-electron chi connectivity index (χ1n) is 7.68. The zero-order valence-corrected chi connectivity index (χ0v) is 14.7. The van der Waals surface area contributed by atoms with Gasteiger partial charge in [0.2, 0.25) is 10.0 Å². The Bertz CT molecular complexity index is 817. The van der Waals surface area contributed by atoms with Crippen molar-refractivity contribution >= 4 is 10.0 Å². The molecule has 24 heavy (non-hydrogen) atoms. The second-order valence-electron chi connectivity index (χ2n) is 5.79. The number of nitrogens with zero attached hydrogens (tertiary/aromatic N) is 2. The van der Waals surface area contributed by atoms with Crippen LogP contribution in [0.1, 0.15) is 11.4 Å². The number of aryl methyl sites for hydroxylation is 1. The molecule has 0 amide bonds. The van der Waals surface area contributed by atoms with E-state index >= 15 is 0 Å². The molecule has 1 aliphatic heterocycles. The Morgan fingerprint density at radius 1 is 1.25 bits per heavy atom. The van der Waals surface area contributed by atoms with Crippen molar-refractivity contribution in [3.63, 3.8) is 0 Å². The lowest BCUT2D eigenvalue weighted by Gasteiger charge is -2.17. The number of methoxy groups -OCH3 is 1. The third kappa shape index (κ3) is 3.10. The van der Waals surface area contributed by atoms with Crippen molar-refractivity contribution in [1.29, 1.82) is 0 Å². The molecule has 0 radical (unpaired) electrons. The highest BCUT2D eigenvalue weighted by atomic mass is 32.2. The molecule has 1 aromatic carbocycles. The normalized spacial score (nSPS) is 21.3. The van der Waals surface area contributed by atoms with Crippen LogP contribution in [0, 0.1) is 13.8 Å². The van der Waals surface area contributed by atoms with Gasteiger partial charge in [-0.15, -0.1) is 0 Å². The van der Waals surface area contributed by atoms with Gasteiger partial charge in [-0.1, -0.05) is 18.2 Å². The number of nitrogens with one attached hydrogen (secondary N) is 1. The second kappa shape index (κ2) is 6.64. The second-order valence-corrected chi connectivity index (χ2v) is 7.44. The molecule has 0 bridgehead atoms. The van der Waals surface area contributed by atoms with E-state index in [9.17, 15) is 8.42 Å². The summed E-state index contributed by atoms with van der Waals surface area (Å²) in [6.45, 7) is 4.12. The van der Waals surface area contributed by atoms with Gasteiger partial charge in [-0.3, -0.25) is 0 Å². The van der Waals surface area contributed by atoms with Crippen LogP contribution in [0.25, 0.3) is 5.69 Å². The van der Waals surface area contributed by atoms with Crippen LogP contribution < -0.4 is 4.72 Å². The highest BCUT2D eigenvalue weighted by molar-refractivity contribution is 7.89. The van der Waals surface area contributed by atoms with Crippen molar-refractivity contribution in [3.8, 4) is 5.69 Å². The first kappa shape index (κ1) is 17.1. The summed E-state index contributed by atoms with van der Waals surface area (Å²) in [5, 5.41) is 4.40. The van der Waals surface area contributed by atoms with E-state index in [4.69, 9.17) is 9.47 Å². The molecule has 0 saturated carbocycles. The molecule has 0 aliphatic carbocycles. The number of hydrogen-bond donors (Lipinski definition) is 1. The maximum absolute atomic E-state index is 12.9. The van der Waals surface area contributed by atoms with E-state index in [1.165, 1.54) is 0 Å². The van der Waals surface area contributed by atoms with Crippen LogP contribution in [-0.4, -0.2) is 50.7 Å². The van der Waals surface area contributed by atoms with Crippen molar-refractivity contribution in [2.45, 2.75) is 30.9 Å². The number of sulfonamides is 1. The monoisotopic (exact) mass is 351 g/mol. The molecule has 1 saturated heterocycles. The predicted octanol–water partition coefficient (Wildman–Crippen LogP) is 1.18. The largest absolute Gasteiger partial charge is 0.377 e. The molecular weight excluding hydrogens is 330 g/mol. The molecule has 1 aromatic heterocycles. The summed E-state index contributed by atoms with van der Waals surface area (Å²) >= 11 is 0. The molecule has 0 spiro atoms. The lowest BCUT2D eigenvalue weighted by atomic mass is 10.2. The zero-order chi connectivity index (χ0) is 17.3. The van der Waals surface area contributed by atoms with E-state index in [0.29, 0.717) is 24.6 Å². The summed E-state index contributed by atoms with van der Waals surface area (Å²) in [6, 6.07) is 9.04. The van der Waals surface area contributed by atoms with Gasteiger partial charge in [0, 0.05) is 7.11 Å². The Labute approximate surface area is 141 Å². The van der Waals surface area contributed by atoms with Gasteiger partial charge in [0.15, 0.2) is 0 Å². The van der Waals surface area contributed by atoms with Crippen LogP contribution in [0.4, 0.5) is 0 Å². The molecule has 2 atom stereocenters.